The Morgan fingerprint density at radius 2 is 1.95 bits per heavy atom. The molecule has 0 aliphatic carbocycles. The molecule has 0 unspecified atom stereocenters. The van der Waals surface area contributed by atoms with Crippen LogP contribution in [-0.4, -0.2) is 11.6 Å². The highest BCUT2D eigenvalue weighted by Crippen LogP contribution is 2.19. The predicted octanol–water partition coefficient (Wildman–Crippen LogP) is 3.97. The Labute approximate surface area is 119 Å². The molecule has 0 amide bonds. The summed E-state index contributed by atoms with van der Waals surface area (Å²) < 4.78 is 5.54. The van der Waals surface area contributed by atoms with Crippen molar-refractivity contribution in [2.75, 3.05) is 6.61 Å². The summed E-state index contributed by atoms with van der Waals surface area (Å²) in [6.07, 6.45) is 6.79. The first kappa shape index (κ1) is 13.8. The van der Waals surface area contributed by atoms with E-state index >= 15 is 0 Å². The van der Waals surface area contributed by atoms with E-state index in [2.05, 4.69) is 24.1 Å². The van der Waals surface area contributed by atoms with Crippen LogP contribution < -0.4 is 4.74 Å². The number of hydrogen-bond donors (Lipinski definition) is 0. The van der Waals surface area contributed by atoms with Crippen LogP contribution in [0, 0.1) is 11.3 Å². The SMILES string of the molecule is CC/C=C/COc1ccc(-c2ccc(C#N)cc2)nc1. The van der Waals surface area contributed by atoms with Crippen molar-refractivity contribution in [3.63, 3.8) is 0 Å². The molecule has 2 aromatic rings. The van der Waals surface area contributed by atoms with Crippen molar-refractivity contribution in [2.45, 2.75) is 13.3 Å². The van der Waals surface area contributed by atoms with Crippen molar-refractivity contribution in [3.8, 4) is 23.1 Å². The van der Waals surface area contributed by atoms with E-state index in [-0.39, 0.29) is 0 Å². The summed E-state index contributed by atoms with van der Waals surface area (Å²) in [6, 6.07) is 13.3. The summed E-state index contributed by atoms with van der Waals surface area (Å²) in [7, 11) is 0. The zero-order valence-electron chi connectivity index (χ0n) is 11.4. The van der Waals surface area contributed by atoms with Gasteiger partial charge in [-0.3, -0.25) is 4.98 Å². The first-order chi connectivity index (χ1) is 9.83. The fourth-order valence-corrected chi connectivity index (χ4v) is 1.73. The van der Waals surface area contributed by atoms with Gasteiger partial charge in [-0.2, -0.15) is 5.26 Å². The molecule has 3 heteroatoms. The van der Waals surface area contributed by atoms with Gasteiger partial charge in [0.25, 0.3) is 0 Å². The average molecular weight is 264 g/mol. The standard InChI is InChI=1S/C17H16N2O/c1-2-3-4-11-20-16-9-10-17(19-13-16)15-7-5-14(12-18)6-8-15/h3-10,13H,2,11H2,1H3/b4-3+. The maximum atomic E-state index is 8.77. The summed E-state index contributed by atoms with van der Waals surface area (Å²) in [5.41, 5.74) is 2.50. The Kier molecular flexibility index (Phi) is 4.91. The van der Waals surface area contributed by atoms with Gasteiger partial charge in [0.2, 0.25) is 0 Å². The molecule has 3 nitrogen and oxygen atoms in total. The van der Waals surface area contributed by atoms with Gasteiger partial charge in [0.1, 0.15) is 12.4 Å². The lowest BCUT2D eigenvalue weighted by atomic mass is 10.1. The number of nitriles is 1. The molecular formula is C17H16N2O. The highest BCUT2D eigenvalue weighted by atomic mass is 16.5. The highest BCUT2D eigenvalue weighted by molar-refractivity contribution is 5.60. The van der Waals surface area contributed by atoms with E-state index in [1.54, 1.807) is 18.3 Å². The second-order valence-corrected chi connectivity index (χ2v) is 4.26. The van der Waals surface area contributed by atoms with Crippen molar-refractivity contribution in [2.24, 2.45) is 0 Å². The van der Waals surface area contributed by atoms with Gasteiger partial charge in [0.05, 0.1) is 23.5 Å². The van der Waals surface area contributed by atoms with Gasteiger partial charge < -0.3 is 4.74 Å². The van der Waals surface area contributed by atoms with E-state index in [9.17, 15) is 0 Å². The molecule has 0 atom stereocenters. The van der Waals surface area contributed by atoms with Crippen LogP contribution in [0.4, 0.5) is 0 Å². The largest absolute Gasteiger partial charge is 0.488 e. The number of hydrogen-bond acceptors (Lipinski definition) is 3. The minimum absolute atomic E-state index is 0.561. The highest BCUT2D eigenvalue weighted by Gasteiger charge is 2.00. The predicted molar refractivity (Wildman–Crippen MR) is 79.3 cm³/mol. The molecule has 0 fully saturated rings. The van der Waals surface area contributed by atoms with Crippen molar-refractivity contribution in [1.82, 2.24) is 4.98 Å². The molecule has 1 aromatic heterocycles. The minimum Gasteiger partial charge on any atom is -0.488 e. The van der Waals surface area contributed by atoms with E-state index in [1.807, 2.05) is 30.3 Å². The lowest BCUT2D eigenvalue weighted by Crippen LogP contribution is -1.94. The quantitative estimate of drug-likeness (QED) is 0.768. The minimum atomic E-state index is 0.561. The Morgan fingerprint density at radius 1 is 1.15 bits per heavy atom. The second kappa shape index (κ2) is 7.10. The van der Waals surface area contributed by atoms with Crippen molar-refractivity contribution in [1.29, 1.82) is 5.26 Å². The van der Waals surface area contributed by atoms with E-state index in [4.69, 9.17) is 10.00 Å². The van der Waals surface area contributed by atoms with Gasteiger partial charge in [-0.25, -0.2) is 0 Å². The molecular weight excluding hydrogens is 248 g/mol. The van der Waals surface area contributed by atoms with Crippen molar-refractivity contribution < 1.29 is 4.74 Å². The number of pyridine rings is 1. The first-order valence-electron chi connectivity index (χ1n) is 6.58. The van der Waals surface area contributed by atoms with Crippen LogP contribution in [0.1, 0.15) is 18.9 Å². The molecule has 0 saturated carbocycles. The summed E-state index contributed by atoms with van der Waals surface area (Å²) in [5, 5.41) is 8.77. The summed E-state index contributed by atoms with van der Waals surface area (Å²) >= 11 is 0. The van der Waals surface area contributed by atoms with Gasteiger partial charge >= 0.3 is 0 Å². The van der Waals surface area contributed by atoms with Crippen LogP contribution >= 0.6 is 0 Å². The van der Waals surface area contributed by atoms with Gasteiger partial charge in [-0.15, -0.1) is 0 Å². The topological polar surface area (TPSA) is 45.9 Å². The summed E-state index contributed by atoms with van der Waals surface area (Å²) in [6.45, 7) is 2.65. The second-order valence-electron chi connectivity index (χ2n) is 4.26. The van der Waals surface area contributed by atoms with E-state index in [0.717, 1.165) is 23.4 Å². The van der Waals surface area contributed by atoms with Gasteiger partial charge in [0, 0.05) is 5.56 Å². The zero-order chi connectivity index (χ0) is 14.2. The monoisotopic (exact) mass is 264 g/mol. The fraction of sp³-hybridized carbons (Fsp3) is 0.176. The molecule has 0 aliphatic rings. The smallest absolute Gasteiger partial charge is 0.138 e. The molecule has 20 heavy (non-hydrogen) atoms. The van der Waals surface area contributed by atoms with Crippen LogP contribution in [-0.2, 0) is 0 Å². The van der Waals surface area contributed by atoms with Gasteiger partial charge in [-0.1, -0.05) is 31.2 Å². The molecule has 0 N–H and O–H groups in total. The number of ether oxygens (including phenoxy) is 1. The Morgan fingerprint density at radius 3 is 2.55 bits per heavy atom. The maximum absolute atomic E-state index is 8.77. The Bertz CT molecular complexity index is 607. The van der Waals surface area contributed by atoms with Crippen molar-refractivity contribution in [3.05, 3.63) is 60.3 Å². The molecule has 0 spiro atoms. The number of benzene rings is 1. The molecule has 0 saturated heterocycles. The molecule has 0 aliphatic heterocycles. The van der Waals surface area contributed by atoms with Gasteiger partial charge in [0.15, 0.2) is 0 Å². The third kappa shape index (κ3) is 3.69. The molecule has 0 radical (unpaired) electrons. The summed E-state index contributed by atoms with van der Waals surface area (Å²) in [5.74, 6) is 0.753. The molecule has 100 valence electrons. The zero-order valence-corrected chi connectivity index (χ0v) is 11.4. The molecule has 1 aromatic carbocycles. The number of allylic oxidation sites excluding steroid dienone is 1. The first-order valence-corrected chi connectivity index (χ1v) is 6.58. The maximum Gasteiger partial charge on any atom is 0.138 e. The van der Waals surface area contributed by atoms with E-state index < -0.39 is 0 Å². The fourth-order valence-electron chi connectivity index (χ4n) is 1.73. The third-order valence-corrected chi connectivity index (χ3v) is 2.79. The number of aromatic nitrogens is 1. The van der Waals surface area contributed by atoms with Crippen LogP contribution in [0.25, 0.3) is 11.3 Å². The Balaban J connectivity index is 2.03. The normalized spacial score (nSPS) is 10.4. The third-order valence-electron chi connectivity index (χ3n) is 2.79. The lowest BCUT2D eigenvalue weighted by molar-refractivity contribution is 0.361. The Hall–Kier alpha value is -2.60. The van der Waals surface area contributed by atoms with Crippen LogP contribution in [0.5, 0.6) is 5.75 Å². The number of nitrogens with zero attached hydrogens (tertiary/aromatic N) is 2. The van der Waals surface area contributed by atoms with Crippen LogP contribution in [0.2, 0.25) is 0 Å². The molecule has 0 bridgehead atoms. The summed E-state index contributed by atoms with van der Waals surface area (Å²) in [4.78, 5) is 4.37. The van der Waals surface area contributed by atoms with Gasteiger partial charge in [-0.05, 0) is 30.7 Å². The molecule has 2 rings (SSSR count). The van der Waals surface area contributed by atoms with E-state index in [0.29, 0.717) is 12.2 Å². The van der Waals surface area contributed by atoms with Crippen LogP contribution in [0.15, 0.2) is 54.7 Å². The molecule has 1 heterocycles. The average Bonchev–Trinajstić information content (AvgIpc) is 2.52. The van der Waals surface area contributed by atoms with Crippen LogP contribution in [0.3, 0.4) is 0 Å². The van der Waals surface area contributed by atoms with Crippen molar-refractivity contribution >= 4 is 0 Å². The lowest BCUT2D eigenvalue weighted by Gasteiger charge is -2.04. The number of rotatable bonds is 5. The van der Waals surface area contributed by atoms with E-state index in [1.165, 1.54) is 0 Å².